The van der Waals surface area contributed by atoms with Gasteiger partial charge in [-0.3, -0.25) is 4.79 Å². The molecule has 0 unspecified atom stereocenters. The second-order valence-corrected chi connectivity index (χ2v) is 8.51. The van der Waals surface area contributed by atoms with Gasteiger partial charge < -0.3 is 13.9 Å². The van der Waals surface area contributed by atoms with Crippen molar-refractivity contribution in [3.63, 3.8) is 0 Å². The van der Waals surface area contributed by atoms with E-state index >= 15 is 0 Å². The molecule has 4 rings (SSSR count). The van der Waals surface area contributed by atoms with Crippen LogP contribution in [-0.4, -0.2) is 13.2 Å². The first-order valence-corrected chi connectivity index (χ1v) is 11.5. The van der Waals surface area contributed by atoms with Gasteiger partial charge in [0.2, 0.25) is 11.2 Å². The number of aryl methyl sites for hydroxylation is 3. The van der Waals surface area contributed by atoms with Gasteiger partial charge in [-0.2, -0.15) is 0 Å². The van der Waals surface area contributed by atoms with Gasteiger partial charge in [0.25, 0.3) is 0 Å². The minimum atomic E-state index is -0.180. The normalized spacial score (nSPS) is 11.0. The minimum absolute atomic E-state index is 0.180. The molecule has 0 aliphatic heterocycles. The molecular weight excluding hydrogens is 436 g/mol. The van der Waals surface area contributed by atoms with Crippen molar-refractivity contribution in [3.8, 4) is 22.8 Å². The van der Waals surface area contributed by atoms with E-state index in [-0.39, 0.29) is 11.2 Å². The molecule has 0 aliphatic rings. The Balaban J connectivity index is 1.56. The van der Waals surface area contributed by atoms with Crippen LogP contribution in [0.5, 0.6) is 11.5 Å². The summed E-state index contributed by atoms with van der Waals surface area (Å²) in [6, 6.07) is 19.0. The van der Waals surface area contributed by atoms with Gasteiger partial charge in [0, 0.05) is 17.0 Å². The molecule has 0 fully saturated rings. The maximum Gasteiger partial charge on any atom is 0.235 e. The van der Waals surface area contributed by atoms with Crippen molar-refractivity contribution in [1.82, 2.24) is 0 Å². The van der Waals surface area contributed by atoms with Crippen LogP contribution < -0.4 is 14.9 Å². The summed E-state index contributed by atoms with van der Waals surface area (Å²) in [6.07, 6.45) is 1.62. The van der Waals surface area contributed by atoms with E-state index in [1.165, 1.54) is 5.56 Å². The lowest BCUT2D eigenvalue weighted by Crippen LogP contribution is -2.13. The molecule has 0 aliphatic carbocycles. The molecule has 0 spiro atoms. The van der Waals surface area contributed by atoms with Gasteiger partial charge in [0.1, 0.15) is 11.3 Å². The molecule has 3 aromatic carbocycles. The Labute approximate surface area is 198 Å². The summed E-state index contributed by atoms with van der Waals surface area (Å²) in [5.41, 5.74) is 4.46. The van der Waals surface area contributed by atoms with Gasteiger partial charge in [-0.15, -0.1) is 0 Å². The number of fused-ring (bicyclic) bond motifs is 1. The van der Waals surface area contributed by atoms with Crippen LogP contribution in [0.1, 0.15) is 30.0 Å². The van der Waals surface area contributed by atoms with Gasteiger partial charge >= 0.3 is 0 Å². The largest absolute Gasteiger partial charge is 0.493 e. The number of hydrogen-bond donors (Lipinski definition) is 0. The summed E-state index contributed by atoms with van der Waals surface area (Å²) in [6.45, 7) is 6.91. The fourth-order valence-corrected chi connectivity index (χ4v) is 3.73. The van der Waals surface area contributed by atoms with Gasteiger partial charge in [-0.25, -0.2) is 0 Å². The zero-order valence-electron chi connectivity index (χ0n) is 19.1. The highest BCUT2D eigenvalue weighted by Crippen LogP contribution is 2.32. The Hall–Kier alpha value is -3.24. The number of hydrogen-bond acceptors (Lipinski definition) is 4. The Morgan fingerprint density at radius 1 is 0.879 bits per heavy atom. The first-order valence-electron chi connectivity index (χ1n) is 11.1. The molecule has 4 nitrogen and oxygen atoms in total. The molecule has 0 radical (unpaired) electrons. The van der Waals surface area contributed by atoms with Crippen LogP contribution in [0.3, 0.4) is 0 Å². The SMILES string of the molecule is CCc1ccc(OCCCOc2c(-c3ccc(Cl)cc3)oc3cc(C)c(C)cc3c2=O)cc1. The van der Waals surface area contributed by atoms with Crippen molar-refractivity contribution < 1.29 is 13.9 Å². The van der Waals surface area contributed by atoms with Crippen molar-refractivity contribution in [2.45, 2.75) is 33.6 Å². The maximum absolute atomic E-state index is 13.4. The average Bonchev–Trinajstić information content (AvgIpc) is 2.82. The third-order valence-electron chi connectivity index (χ3n) is 5.71. The zero-order chi connectivity index (χ0) is 23.4. The van der Waals surface area contributed by atoms with Crippen LogP contribution in [0.4, 0.5) is 0 Å². The van der Waals surface area contributed by atoms with Crippen molar-refractivity contribution in [3.05, 3.63) is 92.6 Å². The highest BCUT2D eigenvalue weighted by atomic mass is 35.5. The Bertz CT molecular complexity index is 1310. The smallest absolute Gasteiger partial charge is 0.235 e. The van der Waals surface area contributed by atoms with Gasteiger partial charge in [-0.1, -0.05) is 30.7 Å². The summed E-state index contributed by atoms with van der Waals surface area (Å²) in [5, 5.41) is 1.12. The van der Waals surface area contributed by atoms with Crippen molar-refractivity contribution in [2.24, 2.45) is 0 Å². The third kappa shape index (κ3) is 5.23. The van der Waals surface area contributed by atoms with Crippen molar-refractivity contribution in [1.29, 1.82) is 0 Å². The van der Waals surface area contributed by atoms with Crippen molar-refractivity contribution in [2.75, 3.05) is 13.2 Å². The van der Waals surface area contributed by atoms with Crippen molar-refractivity contribution >= 4 is 22.6 Å². The van der Waals surface area contributed by atoms with E-state index in [2.05, 4.69) is 19.1 Å². The minimum Gasteiger partial charge on any atom is -0.493 e. The molecule has 1 aromatic heterocycles. The first-order chi connectivity index (χ1) is 16.0. The predicted octanol–water partition coefficient (Wildman–Crippen LogP) is 7.14. The second-order valence-electron chi connectivity index (χ2n) is 8.08. The molecule has 170 valence electrons. The number of ether oxygens (including phenoxy) is 2. The Morgan fingerprint density at radius 3 is 2.24 bits per heavy atom. The quantitative estimate of drug-likeness (QED) is 0.261. The number of halogens is 1. The standard InChI is InChI=1S/C28H27ClO4/c1-4-20-6-12-23(13-7-20)31-14-5-15-32-28-26(30)24-16-18(2)19(3)17-25(24)33-27(28)21-8-10-22(29)11-9-21/h6-13,16-17H,4-5,14-15H2,1-3H3. The van der Waals surface area contributed by atoms with Crippen LogP contribution >= 0.6 is 11.6 Å². The predicted molar refractivity (Wildman–Crippen MR) is 134 cm³/mol. The summed E-state index contributed by atoms with van der Waals surface area (Å²) in [7, 11) is 0. The van der Waals surface area contributed by atoms with Crippen LogP contribution in [-0.2, 0) is 6.42 Å². The van der Waals surface area contributed by atoms with Crippen LogP contribution in [0, 0.1) is 13.8 Å². The van der Waals surface area contributed by atoms with Gasteiger partial charge in [0.15, 0.2) is 5.76 Å². The van der Waals surface area contributed by atoms with E-state index in [0.717, 1.165) is 28.9 Å². The van der Waals surface area contributed by atoms with E-state index in [4.69, 9.17) is 25.5 Å². The molecule has 33 heavy (non-hydrogen) atoms. The molecule has 1 heterocycles. The Kier molecular flexibility index (Phi) is 7.05. The highest BCUT2D eigenvalue weighted by molar-refractivity contribution is 6.30. The van der Waals surface area contributed by atoms with Gasteiger partial charge in [0.05, 0.1) is 18.6 Å². The molecule has 0 amide bonds. The summed E-state index contributed by atoms with van der Waals surface area (Å²) < 4.78 is 18.0. The molecule has 0 bridgehead atoms. The highest BCUT2D eigenvalue weighted by Gasteiger charge is 2.18. The van der Waals surface area contributed by atoms with E-state index in [1.54, 1.807) is 12.1 Å². The second kappa shape index (κ2) is 10.1. The van der Waals surface area contributed by atoms with Crippen LogP contribution in [0.25, 0.3) is 22.3 Å². The summed E-state index contributed by atoms with van der Waals surface area (Å²) in [4.78, 5) is 13.4. The average molecular weight is 463 g/mol. The molecule has 0 saturated carbocycles. The first kappa shape index (κ1) is 22.9. The topological polar surface area (TPSA) is 48.7 Å². The molecular formula is C28H27ClO4. The number of rotatable bonds is 8. The maximum atomic E-state index is 13.4. The zero-order valence-corrected chi connectivity index (χ0v) is 19.9. The molecule has 0 atom stereocenters. The lowest BCUT2D eigenvalue weighted by molar-refractivity contribution is 0.244. The van der Waals surface area contributed by atoms with E-state index in [1.807, 2.05) is 50.2 Å². The van der Waals surface area contributed by atoms with Crippen LogP contribution in [0.15, 0.2) is 69.9 Å². The van der Waals surface area contributed by atoms with E-state index in [0.29, 0.717) is 41.4 Å². The van der Waals surface area contributed by atoms with Gasteiger partial charge in [-0.05, 0) is 85.5 Å². The molecule has 0 N–H and O–H groups in total. The summed E-state index contributed by atoms with van der Waals surface area (Å²) >= 11 is 6.05. The Morgan fingerprint density at radius 2 is 1.55 bits per heavy atom. The van der Waals surface area contributed by atoms with Crippen LogP contribution in [0.2, 0.25) is 5.02 Å². The third-order valence-corrected chi connectivity index (χ3v) is 5.96. The molecule has 4 aromatic rings. The molecule has 5 heteroatoms. The summed E-state index contributed by atoms with van der Waals surface area (Å²) in [5.74, 6) is 1.44. The van der Waals surface area contributed by atoms with E-state index < -0.39 is 0 Å². The monoisotopic (exact) mass is 462 g/mol. The fraction of sp³-hybridized carbons (Fsp3) is 0.250. The fourth-order valence-electron chi connectivity index (χ4n) is 3.60. The number of benzene rings is 3. The lowest BCUT2D eigenvalue weighted by atomic mass is 10.0. The van der Waals surface area contributed by atoms with E-state index in [9.17, 15) is 4.79 Å². The molecule has 0 saturated heterocycles. The lowest BCUT2D eigenvalue weighted by Gasteiger charge is -2.13.